The van der Waals surface area contributed by atoms with Gasteiger partial charge in [-0.1, -0.05) is 44.2 Å². The zero-order chi connectivity index (χ0) is 15.0. The summed E-state index contributed by atoms with van der Waals surface area (Å²) < 4.78 is 0. The number of nitrogens with two attached hydrogens (primary N) is 1. The molecule has 0 bridgehead atoms. The predicted molar refractivity (Wildman–Crippen MR) is 80.2 cm³/mol. The Labute approximate surface area is 121 Å². The Hall–Kier alpha value is -1.84. The molecule has 20 heavy (non-hydrogen) atoms. The number of hydrogen-bond donors (Lipinski definition) is 1. The van der Waals surface area contributed by atoms with Crippen molar-refractivity contribution >= 4 is 11.8 Å². The molecule has 1 aromatic carbocycles. The van der Waals surface area contributed by atoms with Crippen molar-refractivity contribution in [2.75, 3.05) is 13.1 Å². The molecule has 4 nitrogen and oxygen atoms in total. The summed E-state index contributed by atoms with van der Waals surface area (Å²) in [5, 5.41) is 0. The molecule has 0 saturated carbocycles. The van der Waals surface area contributed by atoms with Crippen molar-refractivity contribution in [1.29, 1.82) is 0 Å². The van der Waals surface area contributed by atoms with E-state index < -0.39 is 5.92 Å². The standard InChI is InChI=1S/C16H24N2O2/c1-3-8-15(19)18(11-4-2)12-14(16(17)20)13-9-6-5-7-10-13/h5-7,9-10,14H,3-4,8,11-12H2,1-2H3,(H2,17,20)/t14-/m0/s1. The van der Waals surface area contributed by atoms with Gasteiger partial charge in [0, 0.05) is 19.5 Å². The third kappa shape index (κ3) is 4.68. The molecule has 0 spiro atoms. The van der Waals surface area contributed by atoms with Crippen LogP contribution in [0.3, 0.4) is 0 Å². The van der Waals surface area contributed by atoms with E-state index in [1.54, 1.807) is 4.90 Å². The van der Waals surface area contributed by atoms with E-state index in [1.165, 1.54) is 0 Å². The van der Waals surface area contributed by atoms with E-state index in [0.717, 1.165) is 18.4 Å². The molecule has 4 heteroatoms. The van der Waals surface area contributed by atoms with Gasteiger partial charge in [0.15, 0.2) is 0 Å². The first kappa shape index (κ1) is 16.2. The molecule has 1 atom stereocenters. The summed E-state index contributed by atoms with van der Waals surface area (Å²) in [5.41, 5.74) is 6.38. The number of carbonyl (C=O) groups is 2. The number of rotatable bonds is 8. The second-order valence-electron chi connectivity index (χ2n) is 4.96. The van der Waals surface area contributed by atoms with Crippen LogP contribution in [-0.2, 0) is 9.59 Å². The van der Waals surface area contributed by atoms with E-state index >= 15 is 0 Å². The minimum Gasteiger partial charge on any atom is -0.369 e. The number of amides is 2. The first-order valence-electron chi connectivity index (χ1n) is 7.22. The zero-order valence-electron chi connectivity index (χ0n) is 12.3. The number of benzene rings is 1. The molecule has 2 amide bonds. The maximum Gasteiger partial charge on any atom is 0.226 e. The third-order valence-electron chi connectivity index (χ3n) is 3.26. The summed E-state index contributed by atoms with van der Waals surface area (Å²) in [6.45, 7) is 5.03. The highest BCUT2D eigenvalue weighted by Gasteiger charge is 2.23. The molecular weight excluding hydrogens is 252 g/mol. The summed E-state index contributed by atoms with van der Waals surface area (Å²) in [4.78, 5) is 25.6. The second-order valence-corrected chi connectivity index (χ2v) is 4.96. The Morgan fingerprint density at radius 1 is 1.15 bits per heavy atom. The van der Waals surface area contributed by atoms with E-state index in [9.17, 15) is 9.59 Å². The third-order valence-corrected chi connectivity index (χ3v) is 3.26. The van der Waals surface area contributed by atoms with Crippen molar-refractivity contribution in [2.45, 2.75) is 39.0 Å². The first-order valence-corrected chi connectivity index (χ1v) is 7.22. The molecule has 1 aromatic rings. The molecule has 0 aromatic heterocycles. The topological polar surface area (TPSA) is 63.4 Å². The van der Waals surface area contributed by atoms with Crippen LogP contribution in [0, 0.1) is 0 Å². The molecule has 0 heterocycles. The second kappa shape index (κ2) is 8.35. The molecule has 0 radical (unpaired) electrons. The lowest BCUT2D eigenvalue weighted by atomic mass is 9.97. The fraction of sp³-hybridized carbons (Fsp3) is 0.500. The number of nitrogens with zero attached hydrogens (tertiary/aromatic N) is 1. The fourth-order valence-corrected chi connectivity index (χ4v) is 2.23. The summed E-state index contributed by atoms with van der Waals surface area (Å²) in [6, 6.07) is 9.41. The Balaban J connectivity index is 2.86. The summed E-state index contributed by atoms with van der Waals surface area (Å²) in [7, 11) is 0. The molecule has 0 unspecified atom stereocenters. The Morgan fingerprint density at radius 2 is 1.80 bits per heavy atom. The molecule has 0 saturated heterocycles. The van der Waals surface area contributed by atoms with Gasteiger partial charge in [0.25, 0.3) is 0 Å². The summed E-state index contributed by atoms with van der Waals surface area (Å²) in [5.74, 6) is -0.735. The van der Waals surface area contributed by atoms with Gasteiger partial charge in [-0.25, -0.2) is 0 Å². The quantitative estimate of drug-likeness (QED) is 0.791. The van der Waals surface area contributed by atoms with Crippen molar-refractivity contribution < 1.29 is 9.59 Å². The number of carbonyl (C=O) groups excluding carboxylic acids is 2. The Bertz CT molecular complexity index is 431. The van der Waals surface area contributed by atoms with Crippen LogP contribution < -0.4 is 5.73 Å². The van der Waals surface area contributed by atoms with Crippen LogP contribution in [0.25, 0.3) is 0 Å². The summed E-state index contributed by atoms with van der Waals surface area (Å²) in [6.07, 6.45) is 2.20. The lowest BCUT2D eigenvalue weighted by molar-refractivity contribution is -0.132. The van der Waals surface area contributed by atoms with E-state index in [4.69, 9.17) is 5.73 Å². The van der Waals surface area contributed by atoms with Crippen molar-refractivity contribution in [3.05, 3.63) is 35.9 Å². The highest BCUT2D eigenvalue weighted by atomic mass is 16.2. The van der Waals surface area contributed by atoms with Gasteiger partial charge in [-0.05, 0) is 18.4 Å². The maximum absolute atomic E-state index is 12.1. The average Bonchev–Trinajstić information content (AvgIpc) is 2.44. The van der Waals surface area contributed by atoms with Gasteiger partial charge in [0.1, 0.15) is 0 Å². The number of hydrogen-bond acceptors (Lipinski definition) is 2. The van der Waals surface area contributed by atoms with Crippen LogP contribution in [0.5, 0.6) is 0 Å². The van der Waals surface area contributed by atoms with E-state index in [2.05, 4.69) is 0 Å². The lowest BCUT2D eigenvalue weighted by Gasteiger charge is -2.26. The number of primary amides is 1. The van der Waals surface area contributed by atoms with Gasteiger partial charge < -0.3 is 10.6 Å². The van der Waals surface area contributed by atoms with Crippen molar-refractivity contribution in [2.24, 2.45) is 5.73 Å². The fourth-order valence-electron chi connectivity index (χ4n) is 2.23. The van der Waals surface area contributed by atoms with Gasteiger partial charge in [-0.3, -0.25) is 9.59 Å². The van der Waals surface area contributed by atoms with E-state index in [-0.39, 0.29) is 11.8 Å². The average molecular weight is 276 g/mol. The van der Waals surface area contributed by atoms with Crippen LogP contribution in [0.1, 0.15) is 44.6 Å². The SMILES string of the molecule is CCCC(=O)N(CCC)C[C@H](C(N)=O)c1ccccc1. The molecule has 1 rings (SSSR count). The summed E-state index contributed by atoms with van der Waals surface area (Å²) >= 11 is 0. The molecule has 0 aliphatic rings. The highest BCUT2D eigenvalue weighted by Crippen LogP contribution is 2.17. The smallest absolute Gasteiger partial charge is 0.226 e. The van der Waals surface area contributed by atoms with Gasteiger partial charge in [-0.2, -0.15) is 0 Å². The van der Waals surface area contributed by atoms with Gasteiger partial charge in [-0.15, -0.1) is 0 Å². The van der Waals surface area contributed by atoms with Crippen LogP contribution in [0.4, 0.5) is 0 Å². The van der Waals surface area contributed by atoms with Gasteiger partial charge >= 0.3 is 0 Å². The lowest BCUT2D eigenvalue weighted by Crippen LogP contribution is -2.39. The van der Waals surface area contributed by atoms with Crippen molar-refractivity contribution in [1.82, 2.24) is 4.90 Å². The minimum absolute atomic E-state index is 0.0940. The highest BCUT2D eigenvalue weighted by molar-refractivity contribution is 5.83. The maximum atomic E-state index is 12.1. The minimum atomic E-state index is -0.441. The van der Waals surface area contributed by atoms with Crippen molar-refractivity contribution in [3.8, 4) is 0 Å². The Kier molecular flexibility index (Phi) is 6.77. The van der Waals surface area contributed by atoms with Crippen LogP contribution in [-0.4, -0.2) is 29.8 Å². The first-order chi connectivity index (χ1) is 9.60. The molecule has 2 N–H and O–H groups in total. The zero-order valence-corrected chi connectivity index (χ0v) is 12.3. The van der Waals surface area contributed by atoms with Crippen LogP contribution >= 0.6 is 0 Å². The van der Waals surface area contributed by atoms with Gasteiger partial charge in [0.2, 0.25) is 11.8 Å². The van der Waals surface area contributed by atoms with Gasteiger partial charge in [0.05, 0.1) is 5.92 Å². The molecular formula is C16H24N2O2. The normalized spacial score (nSPS) is 11.9. The molecule has 0 aliphatic carbocycles. The Morgan fingerprint density at radius 3 is 2.30 bits per heavy atom. The van der Waals surface area contributed by atoms with Crippen LogP contribution in [0.15, 0.2) is 30.3 Å². The van der Waals surface area contributed by atoms with E-state index in [1.807, 2.05) is 44.2 Å². The predicted octanol–water partition coefficient (Wildman–Crippen LogP) is 2.29. The molecule has 0 fully saturated rings. The largest absolute Gasteiger partial charge is 0.369 e. The van der Waals surface area contributed by atoms with Crippen LogP contribution in [0.2, 0.25) is 0 Å². The molecule has 110 valence electrons. The van der Waals surface area contributed by atoms with Crippen molar-refractivity contribution in [3.63, 3.8) is 0 Å². The van der Waals surface area contributed by atoms with E-state index in [0.29, 0.717) is 19.5 Å². The monoisotopic (exact) mass is 276 g/mol. The molecule has 0 aliphatic heterocycles.